The van der Waals surface area contributed by atoms with Crippen molar-refractivity contribution in [3.63, 3.8) is 0 Å². The maximum atomic E-state index is 5.23. The molecule has 0 radical (unpaired) electrons. The molecule has 0 N–H and O–H groups in total. The lowest BCUT2D eigenvalue weighted by Gasteiger charge is -1.71. The van der Waals surface area contributed by atoms with Crippen molar-refractivity contribution in [1.82, 2.24) is 0 Å². The summed E-state index contributed by atoms with van der Waals surface area (Å²) in [5.41, 5.74) is 0.965. The minimum Gasteiger partial charge on any atom is -0.448 e. The fourth-order valence-corrected chi connectivity index (χ4v) is 2.03. The average molecular weight is 203 g/mol. The molecule has 9 heavy (non-hydrogen) atoms. The normalized spacial score (nSPS) is 10.8. The smallest absolute Gasteiger partial charge is 0.171 e. The molecule has 2 heterocycles. The van der Waals surface area contributed by atoms with Crippen LogP contribution in [0.2, 0.25) is 0 Å². The molecule has 2 aromatic heterocycles. The highest BCUT2D eigenvalue weighted by atomic mass is 79.9. The Labute approximate surface area is 64.4 Å². The molecule has 1 nitrogen and oxygen atoms in total. The van der Waals surface area contributed by atoms with E-state index < -0.39 is 0 Å². The molecule has 0 fully saturated rings. The van der Waals surface area contributed by atoms with Gasteiger partial charge in [0.1, 0.15) is 5.58 Å². The highest BCUT2D eigenvalue weighted by molar-refractivity contribution is 9.10. The maximum absolute atomic E-state index is 5.23. The Morgan fingerprint density at radius 3 is 3.22 bits per heavy atom. The zero-order chi connectivity index (χ0) is 6.27. The highest BCUT2D eigenvalue weighted by Crippen LogP contribution is 2.27. The van der Waals surface area contributed by atoms with Crippen LogP contribution in [0.4, 0.5) is 0 Å². The van der Waals surface area contributed by atoms with Gasteiger partial charge in [-0.25, -0.2) is 0 Å². The van der Waals surface area contributed by atoms with Gasteiger partial charge in [0.05, 0.1) is 4.70 Å². The first kappa shape index (κ1) is 5.50. The van der Waals surface area contributed by atoms with Crippen LogP contribution in [0.1, 0.15) is 0 Å². The third kappa shape index (κ3) is 0.804. The van der Waals surface area contributed by atoms with Crippen LogP contribution in [0.3, 0.4) is 0 Å². The fraction of sp³-hybridized carbons (Fsp3) is 0. The molecule has 2 aromatic rings. The van der Waals surface area contributed by atoms with E-state index in [2.05, 4.69) is 15.9 Å². The van der Waals surface area contributed by atoms with Crippen molar-refractivity contribution >= 4 is 37.5 Å². The standard InChI is InChI=1S/C6H3BrOS/c7-6-3-5-4(8-6)1-2-9-5/h1-3H. The van der Waals surface area contributed by atoms with Gasteiger partial charge in [0, 0.05) is 6.07 Å². The zero-order valence-electron chi connectivity index (χ0n) is 4.43. The summed E-state index contributed by atoms with van der Waals surface area (Å²) in [4.78, 5) is 0. The molecule has 0 aliphatic heterocycles. The maximum Gasteiger partial charge on any atom is 0.171 e. The van der Waals surface area contributed by atoms with Gasteiger partial charge < -0.3 is 4.42 Å². The molecule has 46 valence electrons. The largest absolute Gasteiger partial charge is 0.448 e. The van der Waals surface area contributed by atoms with Gasteiger partial charge in [-0.1, -0.05) is 0 Å². The predicted molar refractivity (Wildman–Crippen MR) is 41.8 cm³/mol. The van der Waals surface area contributed by atoms with Crippen molar-refractivity contribution in [1.29, 1.82) is 0 Å². The van der Waals surface area contributed by atoms with Crippen LogP contribution in [0.15, 0.2) is 26.6 Å². The van der Waals surface area contributed by atoms with Gasteiger partial charge in [-0.2, -0.15) is 0 Å². The van der Waals surface area contributed by atoms with Crippen LogP contribution < -0.4 is 0 Å². The Kier molecular flexibility index (Phi) is 1.13. The van der Waals surface area contributed by atoms with Gasteiger partial charge >= 0.3 is 0 Å². The highest BCUT2D eigenvalue weighted by Gasteiger charge is 1.99. The van der Waals surface area contributed by atoms with Crippen molar-refractivity contribution < 1.29 is 4.42 Å². The number of hydrogen-bond acceptors (Lipinski definition) is 2. The van der Waals surface area contributed by atoms with E-state index in [0.717, 1.165) is 10.3 Å². The second-order valence-corrected chi connectivity index (χ2v) is 3.43. The lowest BCUT2D eigenvalue weighted by molar-refractivity contribution is 0.588. The molecular formula is C6H3BrOS. The molecule has 0 atom stereocenters. The van der Waals surface area contributed by atoms with Crippen LogP contribution >= 0.6 is 27.3 Å². The van der Waals surface area contributed by atoms with E-state index in [1.54, 1.807) is 11.3 Å². The number of halogens is 1. The van der Waals surface area contributed by atoms with E-state index in [1.165, 1.54) is 4.70 Å². The van der Waals surface area contributed by atoms with Gasteiger partial charge in [0.15, 0.2) is 4.67 Å². The molecule has 0 aliphatic carbocycles. The van der Waals surface area contributed by atoms with Gasteiger partial charge in [-0.15, -0.1) is 11.3 Å². The quantitative estimate of drug-likeness (QED) is 0.640. The lowest BCUT2D eigenvalue weighted by Crippen LogP contribution is -1.40. The Bertz CT molecular complexity index is 294. The monoisotopic (exact) mass is 202 g/mol. The number of hydrogen-bond donors (Lipinski definition) is 0. The predicted octanol–water partition coefficient (Wildman–Crippen LogP) is 3.26. The third-order valence-corrected chi connectivity index (χ3v) is 2.35. The second kappa shape index (κ2) is 1.85. The first-order chi connectivity index (χ1) is 4.36. The SMILES string of the molecule is Brc1cc2sccc2o1. The molecule has 0 amide bonds. The summed E-state index contributed by atoms with van der Waals surface area (Å²) in [7, 11) is 0. The Balaban J connectivity index is 2.92. The minimum absolute atomic E-state index is 0.810. The summed E-state index contributed by atoms with van der Waals surface area (Å²) < 4.78 is 7.24. The Morgan fingerprint density at radius 1 is 1.56 bits per heavy atom. The number of fused-ring (bicyclic) bond motifs is 1. The van der Waals surface area contributed by atoms with E-state index in [1.807, 2.05) is 17.5 Å². The molecule has 0 unspecified atom stereocenters. The summed E-state index contributed by atoms with van der Waals surface area (Å²) in [6.45, 7) is 0. The second-order valence-electron chi connectivity index (χ2n) is 1.70. The third-order valence-electron chi connectivity index (χ3n) is 1.11. The first-order valence-electron chi connectivity index (χ1n) is 2.49. The van der Waals surface area contributed by atoms with Crippen molar-refractivity contribution in [2.45, 2.75) is 0 Å². The van der Waals surface area contributed by atoms with Crippen molar-refractivity contribution in [3.8, 4) is 0 Å². The molecule has 0 saturated heterocycles. The first-order valence-corrected chi connectivity index (χ1v) is 4.16. The van der Waals surface area contributed by atoms with E-state index in [-0.39, 0.29) is 0 Å². The Hall–Kier alpha value is -0.280. The van der Waals surface area contributed by atoms with Crippen LogP contribution in [-0.4, -0.2) is 0 Å². The van der Waals surface area contributed by atoms with Gasteiger partial charge in [-0.05, 0) is 27.4 Å². The van der Waals surface area contributed by atoms with E-state index in [9.17, 15) is 0 Å². The molecule has 0 spiro atoms. The minimum atomic E-state index is 0.810. The van der Waals surface area contributed by atoms with Crippen molar-refractivity contribution in [3.05, 3.63) is 22.2 Å². The molecule has 3 heteroatoms. The molecule has 0 aliphatic rings. The van der Waals surface area contributed by atoms with Crippen LogP contribution in [0.25, 0.3) is 10.3 Å². The molecular weight excluding hydrogens is 200 g/mol. The van der Waals surface area contributed by atoms with Gasteiger partial charge in [0.25, 0.3) is 0 Å². The summed E-state index contributed by atoms with van der Waals surface area (Å²) in [6.07, 6.45) is 0. The van der Waals surface area contributed by atoms with Crippen molar-refractivity contribution in [2.24, 2.45) is 0 Å². The van der Waals surface area contributed by atoms with E-state index in [4.69, 9.17) is 4.42 Å². The van der Waals surface area contributed by atoms with Gasteiger partial charge in [0.2, 0.25) is 0 Å². The average Bonchev–Trinajstić information content (AvgIpc) is 2.22. The van der Waals surface area contributed by atoms with Crippen LogP contribution in [-0.2, 0) is 0 Å². The van der Waals surface area contributed by atoms with E-state index in [0.29, 0.717) is 0 Å². The topological polar surface area (TPSA) is 13.1 Å². The molecule has 0 bridgehead atoms. The lowest BCUT2D eigenvalue weighted by atomic mass is 10.5. The Morgan fingerprint density at radius 2 is 2.44 bits per heavy atom. The van der Waals surface area contributed by atoms with Crippen molar-refractivity contribution in [2.75, 3.05) is 0 Å². The van der Waals surface area contributed by atoms with Crippen LogP contribution in [0, 0.1) is 0 Å². The number of rotatable bonds is 0. The number of thiophene rings is 1. The molecule has 0 saturated carbocycles. The summed E-state index contributed by atoms with van der Waals surface area (Å²) in [6, 6.07) is 3.94. The summed E-state index contributed by atoms with van der Waals surface area (Å²) in [5, 5.41) is 2.01. The molecule has 2 rings (SSSR count). The fourth-order valence-electron chi connectivity index (χ4n) is 0.736. The van der Waals surface area contributed by atoms with Crippen LogP contribution in [0.5, 0.6) is 0 Å². The zero-order valence-corrected chi connectivity index (χ0v) is 6.83. The van der Waals surface area contributed by atoms with Gasteiger partial charge in [-0.3, -0.25) is 0 Å². The summed E-state index contributed by atoms with van der Waals surface area (Å²) >= 11 is 4.93. The number of furan rings is 1. The molecule has 0 aromatic carbocycles. The van der Waals surface area contributed by atoms with E-state index >= 15 is 0 Å². The summed E-state index contributed by atoms with van der Waals surface area (Å²) in [5.74, 6) is 0.